The van der Waals surface area contributed by atoms with Gasteiger partial charge >= 0.3 is 5.97 Å². The van der Waals surface area contributed by atoms with Crippen LogP contribution in [0.15, 0.2) is 66.7 Å². The molecule has 0 saturated heterocycles. The maximum Gasteiger partial charge on any atom is 0.334 e. The van der Waals surface area contributed by atoms with Gasteiger partial charge in [0.2, 0.25) is 17.7 Å². The molecular weight excluding hydrogens is 444 g/mol. The standard InChI is InChI=1S/C23H24N4O7/c1-15(2)22(30)25-13-20(28)24-14-21(29)26-19(12-16-6-4-3-5-7-16)23(31)34-18-10-8-17(9-11-18)27(32)33/h3-11,19H,1,12-14H2,2H3,(H,24,28)(H,25,30)(H,26,29)/t19-/m0/s1. The molecule has 11 nitrogen and oxygen atoms in total. The van der Waals surface area contributed by atoms with Crippen molar-refractivity contribution in [2.24, 2.45) is 0 Å². The number of amides is 3. The number of benzene rings is 2. The summed E-state index contributed by atoms with van der Waals surface area (Å²) < 4.78 is 5.28. The number of esters is 1. The SMILES string of the molecule is C=C(C)C(=O)NCC(=O)NCC(=O)N[C@@H](Cc1ccccc1)C(=O)Oc1ccc([N+](=O)[O-])cc1. The quantitative estimate of drug-likeness (QED) is 0.146. The van der Waals surface area contributed by atoms with Crippen LogP contribution in [0.25, 0.3) is 0 Å². The smallest absolute Gasteiger partial charge is 0.334 e. The van der Waals surface area contributed by atoms with E-state index in [2.05, 4.69) is 22.5 Å². The van der Waals surface area contributed by atoms with Crippen molar-refractivity contribution >= 4 is 29.4 Å². The Morgan fingerprint density at radius 3 is 2.18 bits per heavy atom. The Bertz CT molecular complexity index is 1070. The third-order valence-electron chi connectivity index (χ3n) is 4.41. The second kappa shape index (κ2) is 12.5. The molecule has 0 radical (unpaired) electrons. The number of carbonyl (C=O) groups is 4. The van der Waals surface area contributed by atoms with Crippen LogP contribution in [0, 0.1) is 10.1 Å². The van der Waals surface area contributed by atoms with Crippen molar-refractivity contribution in [1.82, 2.24) is 16.0 Å². The minimum absolute atomic E-state index is 0.0736. The van der Waals surface area contributed by atoms with Gasteiger partial charge in [-0.25, -0.2) is 4.79 Å². The molecule has 0 unspecified atom stereocenters. The Balaban J connectivity index is 1.99. The van der Waals surface area contributed by atoms with E-state index >= 15 is 0 Å². The van der Waals surface area contributed by atoms with Gasteiger partial charge < -0.3 is 20.7 Å². The van der Waals surface area contributed by atoms with E-state index in [4.69, 9.17) is 4.74 Å². The summed E-state index contributed by atoms with van der Waals surface area (Å²) in [7, 11) is 0. The number of nitro benzene ring substituents is 1. The van der Waals surface area contributed by atoms with Crippen molar-refractivity contribution in [3.63, 3.8) is 0 Å². The zero-order valence-corrected chi connectivity index (χ0v) is 18.4. The number of nitro groups is 1. The van der Waals surface area contributed by atoms with Gasteiger partial charge in [-0.1, -0.05) is 36.9 Å². The second-order valence-corrected chi connectivity index (χ2v) is 7.22. The number of non-ortho nitro benzene ring substituents is 1. The molecular formula is C23H24N4O7. The van der Waals surface area contributed by atoms with E-state index in [1.807, 2.05) is 0 Å². The number of nitrogens with one attached hydrogen (secondary N) is 3. The maximum atomic E-state index is 12.7. The van der Waals surface area contributed by atoms with Crippen LogP contribution < -0.4 is 20.7 Å². The van der Waals surface area contributed by atoms with Crippen LogP contribution in [-0.4, -0.2) is 47.7 Å². The van der Waals surface area contributed by atoms with Crippen LogP contribution in [0.2, 0.25) is 0 Å². The van der Waals surface area contributed by atoms with Crippen LogP contribution in [0.3, 0.4) is 0 Å². The lowest BCUT2D eigenvalue weighted by molar-refractivity contribution is -0.384. The van der Waals surface area contributed by atoms with E-state index in [9.17, 15) is 29.3 Å². The zero-order valence-electron chi connectivity index (χ0n) is 18.4. The fourth-order valence-electron chi connectivity index (χ4n) is 2.66. The number of rotatable bonds is 11. The Morgan fingerprint density at radius 1 is 0.971 bits per heavy atom. The molecule has 0 aromatic heterocycles. The molecule has 0 fully saturated rings. The van der Waals surface area contributed by atoms with E-state index in [1.165, 1.54) is 31.2 Å². The first-order chi connectivity index (χ1) is 16.2. The summed E-state index contributed by atoms with van der Waals surface area (Å²) in [6.07, 6.45) is 0.112. The van der Waals surface area contributed by atoms with Gasteiger partial charge in [0.05, 0.1) is 18.0 Å². The van der Waals surface area contributed by atoms with Crippen molar-refractivity contribution in [3.05, 3.63) is 82.4 Å². The van der Waals surface area contributed by atoms with Gasteiger partial charge in [-0.05, 0) is 24.6 Å². The molecule has 178 valence electrons. The first-order valence-electron chi connectivity index (χ1n) is 10.2. The van der Waals surface area contributed by atoms with Crippen molar-refractivity contribution in [2.75, 3.05) is 13.1 Å². The van der Waals surface area contributed by atoms with Gasteiger partial charge in [0.15, 0.2) is 0 Å². The monoisotopic (exact) mass is 468 g/mol. The third-order valence-corrected chi connectivity index (χ3v) is 4.41. The average Bonchev–Trinajstić information content (AvgIpc) is 2.81. The summed E-state index contributed by atoms with van der Waals surface area (Å²) in [6, 6.07) is 12.7. The summed E-state index contributed by atoms with van der Waals surface area (Å²) in [5, 5.41) is 18.0. The molecule has 0 spiro atoms. The molecule has 3 amide bonds. The molecule has 11 heteroatoms. The highest BCUT2D eigenvalue weighted by Gasteiger charge is 2.24. The summed E-state index contributed by atoms with van der Waals surface area (Å²) >= 11 is 0. The number of ether oxygens (including phenoxy) is 1. The molecule has 2 aromatic rings. The van der Waals surface area contributed by atoms with Gasteiger partial charge in [-0.3, -0.25) is 24.5 Å². The average molecular weight is 468 g/mol. The number of carbonyl (C=O) groups excluding carboxylic acids is 4. The highest BCUT2D eigenvalue weighted by Crippen LogP contribution is 2.18. The van der Waals surface area contributed by atoms with Crippen LogP contribution in [0.4, 0.5) is 5.69 Å². The lowest BCUT2D eigenvalue weighted by Crippen LogP contribution is -2.49. The highest BCUT2D eigenvalue weighted by atomic mass is 16.6. The summed E-state index contributed by atoms with van der Waals surface area (Å²) in [5.74, 6) is -2.45. The Kier molecular flexibility index (Phi) is 9.44. The molecule has 0 heterocycles. The normalized spacial score (nSPS) is 11.0. The topological polar surface area (TPSA) is 157 Å². The lowest BCUT2D eigenvalue weighted by Gasteiger charge is -2.18. The van der Waals surface area contributed by atoms with E-state index in [1.54, 1.807) is 30.3 Å². The van der Waals surface area contributed by atoms with Crippen LogP contribution in [0.1, 0.15) is 12.5 Å². The first kappa shape index (κ1) is 25.7. The van der Waals surface area contributed by atoms with Crippen molar-refractivity contribution in [2.45, 2.75) is 19.4 Å². The molecule has 2 aromatic carbocycles. The summed E-state index contributed by atoms with van der Waals surface area (Å²) in [6.45, 7) is 4.17. The van der Waals surface area contributed by atoms with Crippen molar-refractivity contribution in [3.8, 4) is 5.75 Å². The van der Waals surface area contributed by atoms with Gasteiger partial charge in [0.1, 0.15) is 11.8 Å². The molecule has 0 aliphatic carbocycles. The van der Waals surface area contributed by atoms with Crippen LogP contribution in [0.5, 0.6) is 5.75 Å². The molecule has 34 heavy (non-hydrogen) atoms. The predicted octanol–water partition coefficient (Wildman–Crippen LogP) is 1.04. The Hall–Kier alpha value is -4.54. The summed E-state index contributed by atoms with van der Waals surface area (Å²) in [5.41, 5.74) is 0.824. The minimum atomic E-state index is -1.09. The third kappa shape index (κ3) is 8.54. The van der Waals surface area contributed by atoms with Gasteiger partial charge in [-0.15, -0.1) is 0 Å². The zero-order chi connectivity index (χ0) is 25.1. The first-order valence-corrected chi connectivity index (χ1v) is 10.2. The second-order valence-electron chi connectivity index (χ2n) is 7.22. The molecule has 2 rings (SSSR count). The van der Waals surface area contributed by atoms with Crippen LogP contribution in [-0.2, 0) is 25.6 Å². The van der Waals surface area contributed by atoms with Gasteiger partial charge in [0.25, 0.3) is 5.69 Å². The highest BCUT2D eigenvalue weighted by molar-refractivity contribution is 5.95. The Morgan fingerprint density at radius 2 is 1.59 bits per heavy atom. The molecule has 0 bridgehead atoms. The minimum Gasteiger partial charge on any atom is -0.425 e. The molecule has 1 atom stereocenters. The number of hydrogen-bond acceptors (Lipinski definition) is 7. The summed E-state index contributed by atoms with van der Waals surface area (Å²) in [4.78, 5) is 58.5. The fourth-order valence-corrected chi connectivity index (χ4v) is 2.66. The van der Waals surface area contributed by atoms with Crippen LogP contribution >= 0.6 is 0 Å². The maximum absolute atomic E-state index is 12.7. The fraction of sp³-hybridized carbons (Fsp3) is 0.217. The molecule has 0 saturated carbocycles. The van der Waals surface area contributed by atoms with E-state index in [0.29, 0.717) is 0 Å². The van der Waals surface area contributed by atoms with Gasteiger partial charge in [-0.2, -0.15) is 0 Å². The van der Waals surface area contributed by atoms with Gasteiger partial charge in [0, 0.05) is 24.1 Å². The predicted molar refractivity (Wildman–Crippen MR) is 122 cm³/mol. The van der Waals surface area contributed by atoms with E-state index in [0.717, 1.165) is 5.56 Å². The Labute approximate surface area is 195 Å². The van der Waals surface area contributed by atoms with E-state index in [-0.39, 0.29) is 30.0 Å². The van der Waals surface area contributed by atoms with Crippen molar-refractivity contribution < 1.29 is 28.8 Å². The molecule has 0 aliphatic rings. The number of nitrogens with zero attached hydrogens (tertiary/aromatic N) is 1. The van der Waals surface area contributed by atoms with Crippen molar-refractivity contribution in [1.29, 1.82) is 0 Å². The molecule has 0 aliphatic heterocycles. The van der Waals surface area contributed by atoms with E-state index < -0.39 is 41.2 Å². The molecule has 3 N–H and O–H groups in total. The largest absolute Gasteiger partial charge is 0.425 e. The number of hydrogen-bond donors (Lipinski definition) is 3. The lowest BCUT2D eigenvalue weighted by atomic mass is 10.1.